The van der Waals surface area contributed by atoms with Crippen LogP contribution in [-0.2, 0) is 16.6 Å². The number of piperidine rings is 1. The van der Waals surface area contributed by atoms with Crippen molar-refractivity contribution in [1.82, 2.24) is 14.8 Å². The van der Waals surface area contributed by atoms with Gasteiger partial charge < -0.3 is 15.0 Å². The third-order valence-electron chi connectivity index (χ3n) is 6.67. The summed E-state index contributed by atoms with van der Waals surface area (Å²) >= 11 is 0. The van der Waals surface area contributed by atoms with E-state index in [0.717, 1.165) is 63.8 Å². The average molecular weight is 625 g/mol. The molecule has 1 aliphatic rings. The van der Waals surface area contributed by atoms with E-state index < -0.39 is 10.0 Å². The number of ether oxygens (including phenoxy) is 1. The quantitative estimate of drug-likeness (QED) is 0.256. The van der Waals surface area contributed by atoms with Gasteiger partial charge in [0.1, 0.15) is 11.5 Å². The minimum atomic E-state index is -3.31. The number of pyridine rings is 1. The number of anilines is 2. The van der Waals surface area contributed by atoms with E-state index in [2.05, 4.69) is 39.0 Å². The summed E-state index contributed by atoms with van der Waals surface area (Å²) in [7, 11) is -3.31. The van der Waals surface area contributed by atoms with Gasteiger partial charge in [0.25, 0.3) is 0 Å². The first-order chi connectivity index (χ1) is 18.8. The molecule has 12 heteroatoms. The Labute approximate surface area is 255 Å². The largest absolute Gasteiger partial charge is 0.457 e. The second kappa shape index (κ2) is 16.4. The van der Waals surface area contributed by atoms with E-state index in [4.69, 9.17) is 4.74 Å². The number of amides is 2. The summed E-state index contributed by atoms with van der Waals surface area (Å²) in [6, 6.07) is 18.6. The molecule has 0 saturated carbocycles. The zero-order chi connectivity index (χ0) is 27.7. The summed E-state index contributed by atoms with van der Waals surface area (Å²) in [4.78, 5) is 21.5. The maximum absolute atomic E-state index is 13.1. The topological polar surface area (TPSA) is 104 Å². The van der Waals surface area contributed by atoms with Crippen molar-refractivity contribution < 1.29 is 17.9 Å². The molecule has 1 saturated heterocycles. The van der Waals surface area contributed by atoms with Crippen molar-refractivity contribution in [1.29, 1.82) is 0 Å². The molecule has 0 bridgehead atoms. The summed E-state index contributed by atoms with van der Waals surface area (Å²) in [6.07, 6.45) is 8.40. The van der Waals surface area contributed by atoms with Crippen molar-refractivity contribution in [3.8, 4) is 11.5 Å². The summed E-state index contributed by atoms with van der Waals surface area (Å²) < 4.78 is 31.1. The van der Waals surface area contributed by atoms with Gasteiger partial charge in [-0.25, -0.2) is 13.2 Å². The van der Waals surface area contributed by atoms with Gasteiger partial charge in [-0.05, 0) is 73.4 Å². The molecule has 41 heavy (non-hydrogen) atoms. The molecule has 2 amide bonds. The maximum atomic E-state index is 13.1. The van der Waals surface area contributed by atoms with Crippen LogP contribution >= 0.6 is 24.8 Å². The van der Waals surface area contributed by atoms with Gasteiger partial charge in [0.15, 0.2) is 0 Å². The number of sulfonamides is 1. The molecule has 2 aromatic carbocycles. The van der Waals surface area contributed by atoms with Crippen LogP contribution in [0.25, 0.3) is 0 Å². The molecule has 0 atom stereocenters. The molecule has 2 N–H and O–H groups in total. The molecule has 0 unspecified atom stereocenters. The van der Waals surface area contributed by atoms with Crippen molar-refractivity contribution in [2.45, 2.75) is 45.2 Å². The normalized spacial score (nSPS) is 13.8. The molecule has 1 aliphatic heterocycles. The van der Waals surface area contributed by atoms with Gasteiger partial charge in [-0.2, -0.15) is 0 Å². The number of benzene rings is 2. The molecule has 224 valence electrons. The van der Waals surface area contributed by atoms with Crippen molar-refractivity contribution in [3.63, 3.8) is 0 Å². The third-order valence-corrected chi connectivity index (χ3v) is 7.27. The second-order valence-electron chi connectivity index (χ2n) is 9.86. The molecule has 1 aromatic heterocycles. The molecule has 2 heterocycles. The Balaban J connectivity index is 0.00000294. The van der Waals surface area contributed by atoms with Gasteiger partial charge in [-0.1, -0.05) is 25.5 Å². The smallest absolute Gasteiger partial charge is 0.322 e. The van der Waals surface area contributed by atoms with Gasteiger partial charge in [0.2, 0.25) is 10.0 Å². The SMILES string of the molecule is CCCCN(C(=O)Nc1ccncc1)C1CCN(Cc2ccc(Oc3ccc(NS(C)(=O)=O)cc3)cc2)CC1.Cl.Cl. The molecule has 4 rings (SSSR count). The van der Waals surface area contributed by atoms with E-state index in [-0.39, 0.29) is 36.9 Å². The number of nitrogens with one attached hydrogen (secondary N) is 2. The number of hydrogen-bond acceptors (Lipinski definition) is 6. The lowest BCUT2D eigenvalue weighted by Crippen LogP contribution is -2.49. The fourth-order valence-corrected chi connectivity index (χ4v) is 5.22. The van der Waals surface area contributed by atoms with Crippen LogP contribution in [0.5, 0.6) is 11.5 Å². The Hall–Kier alpha value is -3.05. The van der Waals surface area contributed by atoms with Crippen LogP contribution in [0.1, 0.15) is 38.2 Å². The predicted octanol–water partition coefficient (Wildman–Crippen LogP) is 6.39. The average Bonchev–Trinajstić information content (AvgIpc) is 2.92. The predicted molar refractivity (Wildman–Crippen MR) is 169 cm³/mol. The summed E-state index contributed by atoms with van der Waals surface area (Å²) in [5.74, 6) is 1.34. The zero-order valence-electron chi connectivity index (χ0n) is 23.4. The fraction of sp³-hybridized carbons (Fsp3) is 0.379. The molecule has 3 aromatic rings. The van der Waals surface area contributed by atoms with Crippen molar-refractivity contribution in [2.24, 2.45) is 0 Å². The number of carbonyl (C=O) groups is 1. The first-order valence-electron chi connectivity index (χ1n) is 13.3. The number of rotatable bonds is 11. The lowest BCUT2D eigenvalue weighted by atomic mass is 10.0. The fourth-order valence-electron chi connectivity index (χ4n) is 4.66. The number of aromatic nitrogens is 1. The van der Waals surface area contributed by atoms with Crippen LogP contribution in [0.15, 0.2) is 73.1 Å². The van der Waals surface area contributed by atoms with Gasteiger partial charge in [0, 0.05) is 56.0 Å². The highest BCUT2D eigenvalue weighted by Gasteiger charge is 2.27. The highest BCUT2D eigenvalue weighted by molar-refractivity contribution is 7.92. The van der Waals surface area contributed by atoms with E-state index in [1.54, 1.807) is 36.7 Å². The molecule has 1 fully saturated rings. The number of unbranched alkanes of at least 4 members (excludes halogenated alkanes) is 1. The van der Waals surface area contributed by atoms with E-state index in [1.807, 2.05) is 29.2 Å². The number of carbonyl (C=O) groups excluding carboxylic acids is 1. The summed E-state index contributed by atoms with van der Waals surface area (Å²) in [6.45, 7) is 5.62. The van der Waals surface area contributed by atoms with Gasteiger partial charge in [-0.3, -0.25) is 14.6 Å². The summed E-state index contributed by atoms with van der Waals surface area (Å²) in [5, 5.41) is 3.03. The van der Waals surface area contributed by atoms with Gasteiger partial charge in [0.05, 0.1) is 6.26 Å². The first kappa shape index (κ1) is 34.2. The first-order valence-corrected chi connectivity index (χ1v) is 15.2. The monoisotopic (exact) mass is 623 g/mol. The highest BCUT2D eigenvalue weighted by atomic mass is 35.5. The molecular formula is C29H39Cl2N5O4S. The highest BCUT2D eigenvalue weighted by Crippen LogP contribution is 2.25. The minimum absolute atomic E-state index is 0. The van der Waals surface area contributed by atoms with Crippen LogP contribution in [0, 0.1) is 0 Å². The third kappa shape index (κ3) is 11.0. The van der Waals surface area contributed by atoms with Crippen LogP contribution in [0.2, 0.25) is 0 Å². The Bertz CT molecular complexity index is 1310. The van der Waals surface area contributed by atoms with Gasteiger partial charge in [-0.15, -0.1) is 24.8 Å². The number of hydrogen-bond donors (Lipinski definition) is 2. The number of urea groups is 1. The van der Waals surface area contributed by atoms with Crippen molar-refractivity contribution >= 4 is 52.2 Å². The Morgan fingerprint density at radius 3 is 2.10 bits per heavy atom. The van der Waals surface area contributed by atoms with Crippen LogP contribution < -0.4 is 14.8 Å². The minimum Gasteiger partial charge on any atom is -0.457 e. The molecule has 0 radical (unpaired) electrons. The lowest BCUT2D eigenvalue weighted by molar-refractivity contribution is 0.122. The van der Waals surface area contributed by atoms with Crippen LogP contribution in [-0.4, -0.2) is 61.2 Å². The summed E-state index contributed by atoms with van der Waals surface area (Å²) in [5.41, 5.74) is 2.46. The molecule has 0 spiro atoms. The number of nitrogens with zero attached hydrogens (tertiary/aromatic N) is 3. The number of halogens is 2. The molecule has 0 aliphatic carbocycles. The van der Waals surface area contributed by atoms with E-state index in [1.165, 1.54) is 5.56 Å². The second-order valence-corrected chi connectivity index (χ2v) is 11.6. The van der Waals surface area contributed by atoms with E-state index in [9.17, 15) is 13.2 Å². The lowest BCUT2D eigenvalue weighted by Gasteiger charge is -2.38. The maximum Gasteiger partial charge on any atom is 0.322 e. The van der Waals surface area contributed by atoms with E-state index in [0.29, 0.717) is 17.2 Å². The molecular weight excluding hydrogens is 585 g/mol. The van der Waals surface area contributed by atoms with Crippen LogP contribution in [0.4, 0.5) is 16.2 Å². The Kier molecular flexibility index (Phi) is 13.7. The Morgan fingerprint density at radius 1 is 0.951 bits per heavy atom. The Morgan fingerprint density at radius 2 is 1.54 bits per heavy atom. The van der Waals surface area contributed by atoms with Gasteiger partial charge >= 0.3 is 6.03 Å². The van der Waals surface area contributed by atoms with Crippen molar-refractivity contribution in [2.75, 3.05) is 35.9 Å². The van der Waals surface area contributed by atoms with Crippen molar-refractivity contribution in [3.05, 3.63) is 78.6 Å². The van der Waals surface area contributed by atoms with E-state index >= 15 is 0 Å². The number of likely N-dealkylation sites (tertiary alicyclic amines) is 1. The zero-order valence-corrected chi connectivity index (χ0v) is 25.8. The molecule has 9 nitrogen and oxygen atoms in total. The van der Waals surface area contributed by atoms with Crippen LogP contribution in [0.3, 0.4) is 0 Å². The standard InChI is InChI=1S/C29H37N5O4S.2ClH/c1-3-4-19-34(29(35)31-24-13-17-30-18-14-24)26-15-20-33(21-16-26)22-23-5-9-27(10-6-23)38-28-11-7-25(8-12-28)32-39(2,36)37;;/h5-14,17-18,26,32H,3-4,15-16,19-22H2,1-2H3,(H,30,31,35);2*1H.